The summed E-state index contributed by atoms with van der Waals surface area (Å²) in [4.78, 5) is 16.4. The predicted molar refractivity (Wildman–Crippen MR) is 89.9 cm³/mol. The molecule has 4 nitrogen and oxygen atoms in total. The Labute approximate surface area is 133 Å². The van der Waals surface area contributed by atoms with Crippen LogP contribution in [0.4, 0.5) is 5.13 Å². The lowest BCUT2D eigenvalue weighted by Crippen LogP contribution is -2.20. The van der Waals surface area contributed by atoms with Gasteiger partial charge in [-0.1, -0.05) is 36.8 Å². The van der Waals surface area contributed by atoms with Crippen LogP contribution in [-0.2, 0) is 4.79 Å². The maximum absolute atomic E-state index is 12.0. The number of benzene rings is 1. The summed E-state index contributed by atoms with van der Waals surface area (Å²) in [6, 6.07) is 5.51. The molecule has 0 aliphatic heterocycles. The first-order valence-corrected chi connectivity index (χ1v) is 8.15. The van der Waals surface area contributed by atoms with Gasteiger partial charge in [-0.25, -0.2) is 4.98 Å². The molecule has 0 spiro atoms. The first-order valence-electron chi connectivity index (χ1n) is 6.96. The van der Waals surface area contributed by atoms with Gasteiger partial charge in [0, 0.05) is 11.4 Å². The summed E-state index contributed by atoms with van der Waals surface area (Å²) in [5, 5.41) is 4.15. The van der Waals surface area contributed by atoms with E-state index in [0.29, 0.717) is 23.1 Å². The van der Waals surface area contributed by atoms with Gasteiger partial charge in [0.15, 0.2) is 5.13 Å². The quantitative estimate of drug-likeness (QED) is 0.842. The Balaban J connectivity index is 1.95. The van der Waals surface area contributed by atoms with Gasteiger partial charge in [0.2, 0.25) is 5.91 Å². The maximum Gasteiger partial charge on any atom is 0.226 e. The molecule has 0 saturated heterocycles. The highest BCUT2D eigenvalue weighted by molar-refractivity contribution is 7.22. The van der Waals surface area contributed by atoms with Crippen molar-refractivity contribution in [3.05, 3.63) is 23.2 Å². The van der Waals surface area contributed by atoms with Crippen molar-refractivity contribution in [1.29, 1.82) is 0 Å². The number of thiazole rings is 1. The van der Waals surface area contributed by atoms with Gasteiger partial charge in [-0.2, -0.15) is 0 Å². The molecule has 0 saturated carbocycles. The molecular formula is C15H20ClN3OS. The Bertz CT molecular complexity index is 639. The highest BCUT2D eigenvalue weighted by Gasteiger charge is 2.18. The summed E-state index contributed by atoms with van der Waals surface area (Å²) in [6.07, 6.45) is 2.20. The fourth-order valence-electron chi connectivity index (χ4n) is 2.10. The number of rotatable bonds is 6. The summed E-state index contributed by atoms with van der Waals surface area (Å²) in [5.41, 5.74) is 6.52. The summed E-state index contributed by atoms with van der Waals surface area (Å²) < 4.78 is 0.973. The molecule has 6 heteroatoms. The molecule has 0 bridgehead atoms. The van der Waals surface area contributed by atoms with E-state index >= 15 is 0 Å². The molecule has 0 aliphatic rings. The van der Waals surface area contributed by atoms with Gasteiger partial charge < -0.3 is 11.1 Å². The van der Waals surface area contributed by atoms with E-state index in [1.165, 1.54) is 11.3 Å². The van der Waals surface area contributed by atoms with Crippen molar-refractivity contribution in [2.24, 2.45) is 11.1 Å². The highest BCUT2D eigenvalue weighted by Crippen LogP contribution is 2.29. The molecule has 2 aromatic rings. The zero-order valence-corrected chi connectivity index (χ0v) is 13.9. The minimum atomic E-state index is -0.00903. The van der Waals surface area contributed by atoms with Crippen LogP contribution < -0.4 is 11.1 Å². The van der Waals surface area contributed by atoms with Gasteiger partial charge in [0.1, 0.15) is 0 Å². The third-order valence-corrected chi connectivity index (χ3v) is 4.62. The van der Waals surface area contributed by atoms with E-state index < -0.39 is 0 Å². The van der Waals surface area contributed by atoms with E-state index in [1.807, 2.05) is 12.1 Å². The average molecular weight is 326 g/mol. The average Bonchev–Trinajstić information content (AvgIpc) is 2.77. The first kappa shape index (κ1) is 16.2. The number of carbonyl (C=O) groups is 1. The van der Waals surface area contributed by atoms with E-state index in [4.69, 9.17) is 17.3 Å². The van der Waals surface area contributed by atoms with E-state index in [1.54, 1.807) is 6.07 Å². The fourth-order valence-corrected chi connectivity index (χ4v) is 3.26. The molecule has 0 atom stereocenters. The van der Waals surface area contributed by atoms with Crippen LogP contribution in [-0.4, -0.2) is 17.4 Å². The summed E-state index contributed by atoms with van der Waals surface area (Å²) in [7, 11) is 0. The fraction of sp³-hybridized carbons (Fsp3) is 0.467. The lowest BCUT2D eigenvalue weighted by Gasteiger charge is -2.23. The maximum atomic E-state index is 12.0. The minimum Gasteiger partial charge on any atom is -0.330 e. The molecule has 0 unspecified atom stereocenters. The lowest BCUT2D eigenvalue weighted by molar-refractivity contribution is -0.116. The number of fused-ring (bicyclic) bond motifs is 1. The van der Waals surface area contributed by atoms with Crippen molar-refractivity contribution in [3.63, 3.8) is 0 Å². The standard InChI is InChI=1S/C15H20ClN3OS/c1-15(2,7-8-17)6-5-13(20)19-14-18-11-4-3-10(16)9-12(11)21-14/h3-4,9H,5-8,17H2,1-2H3,(H,18,19,20). The van der Waals surface area contributed by atoms with Gasteiger partial charge >= 0.3 is 0 Å². The predicted octanol–water partition coefficient (Wildman–Crippen LogP) is 4.04. The Kier molecular flexibility index (Phi) is 5.19. The second-order valence-corrected chi connectivity index (χ2v) is 7.35. The van der Waals surface area contributed by atoms with Crippen molar-refractivity contribution in [2.45, 2.75) is 33.1 Å². The van der Waals surface area contributed by atoms with Gasteiger partial charge in [0.25, 0.3) is 0 Å². The van der Waals surface area contributed by atoms with Gasteiger partial charge in [-0.3, -0.25) is 4.79 Å². The van der Waals surface area contributed by atoms with Crippen molar-refractivity contribution in [1.82, 2.24) is 4.98 Å². The zero-order valence-electron chi connectivity index (χ0n) is 12.3. The van der Waals surface area contributed by atoms with Crippen LogP contribution in [0.1, 0.15) is 33.1 Å². The largest absolute Gasteiger partial charge is 0.330 e. The number of halogens is 1. The summed E-state index contributed by atoms with van der Waals surface area (Å²) >= 11 is 7.38. The summed E-state index contributed by atoms with van der Waals surface area (Å²) in [5.74, 6) is -0.00903. The Morgan fingerprint density at radius 3 is 2.90 bits per heavy atom. The monoisotopic (exact) mass is 325 g/mol. The highest BCUT2D eigenvalue weighted by atomic mass is 35.5. The summed E-state index contributed by atoms with van der Waals surface area (Å²) in [6.45, 7) is 4.91. The number of hydrogen-bond acceptors (Lipinski definition) is 4. The van der Waals surface area contributed by atoms with E-state index in [2.05, 4.69) is 24.1 Å². The van der Waals surface area contributed by atoms with Crippen molar-refractivity contribution in [3.8, 4) is 0 Å². The first-order chi connectivity index (χ1) is 9.89. The normalized spacial score (nSPS) is 11.8. The molecule has 0 fully saturated rings. The smallest absolute Gasteiger partial charge is 0.226 e. The molecule has 1 aromatic heterocycles. The van der Waals surface area contributed by atoms with Crippen molar-refractivity contribution >= 4 is 44.2 Å². The van der Waals surface area contributed by atoms with Crippen molar-refractivity contribution in [2.75, 3.05) is 11.9 Å². The number of hydrogen-bond donors (Lipinski definition) is 2. The van der Waals surface area contributed by atoms with Crippen LogP contribution in [0.15, 0.2) is 18.2 Å². The SMILES string of the molecule is CC(C)(CCN)CCC(=O)Nc1nc2ccc(Cl)cc2s1. The number of nitrogens with two attached hydrogens (primary N) is 1. The van der Waals surface area contributed by atoms with Crippen LogP contribution in [0.25, 0.3) is 10.2 Å². The molecule has 114 valence electrons. The Hall–Kier alpha value is -1.17. The molecule has 2 rings (SSSR count). The zero-order chi connectivity index (χ0) is 15.5. The molecule has 1 heterocycles. The minimum absolute atomic E-state index is 0.00903. The number of nitrogens with zero attached hydrogens (tertiary/aromatic N) is 1. The van der Waals surface area contributed by atoms with Gasteiger partial charge in [0.05, 0.1) is 10.2 Å². The topological polar surface area (TPSA) is 68.0 Å². The second kappa shape index (κ2) is 6.73. The van der Waals surface area contributed by atoms with Crippen LogP contribution in [0, 0.1) is 5.41 Å². The molecule has 0 radical (unpaired) electrons. The van der Waals surface area contributed by atoms with E-state index in [-0.39, 0.29) is 11.3 Å². The number of nitrogens with one attached hydrogen (secondary N) is 1. The number of amides is 1. The Morgan fingerprint density at radius 1 is 1.43 bits per heavy atom. The van der Waals surface area contributed by atoms with E-state index in [9.17, 15) is 4.79 Å². The lowest BCUT2D eigenvalue weighted by atomic mass is 9.84. The second-order valence-electron chi connectivity index (χ2n) is 5.88. The third kappa shape index (κ3) is 4.66. The molecule has 1 amide bonds. The van der Waals surface area contributed by atoms with E-state index in [0.717, 1.165) is 23.1 Å². The number of carbonyl (C=O) groups excluding carboxylic acids is 1. The van der Waals surface area contributed by atoms with Crippen LogP contribution in [0.5, 0.6) is 0 Å². The number of anilines is 1. The molecule has 21 heavy (non-hydrogen) atoms. The van der Waals surface area contributed by atoms with Crippen molar-refractivity contribution < 1.29 is 4.79 Å². The van der Waals surface area contributed by atoms with Gasteiger partial charge in [-0.15, -0.1) is 0 Å². The van der Waals surface area contributed by atoms with Crippen LogP contribution >= 0.6 is 22.9 Å². The molecule has 1 aromatic carbocycles. The van der Waals surface area contributed by atoms with Gasteiger partial charge in [-0.05, 0) is 43.0 Å². The van der Waals surface area contributed by atoms with Crippen LogP contribution in [0.2, 0.25) is 5.02 Å². The third-order valence-electron chi connectivity index (χ3n) is 3.45. The molecule has 0 aliphatic carbocycles. The molecule has 3 N–H and O–H groups in total. The van der Waals surface area contributed by atoms with Crippen LogP contribution in [0.3, 0.4) is 0 Å². The number of aromatic nitrogens is 1. The Morgan fingerprint density at radius 2 is 2.19 bits per heavy atom. The molecular weight excluding hydrogens is 306 g/mol.